The number of carbonyl (C=O) groups is 1. The monoisotopic (exact) mass is 224 g/mol. The molecular weight excluding hydrogens is 212 g/mol. The highest BCUT2D eigenvalue weighted by Crippen LogP contribution is 2.16. The molecule has 15 heavy (non-hydrogen) atoms. The standard InChI is InChI=1S/C10H12N2O2S/c1-7(13)12-8-3-2-4-9(5-8)14-6-10(11)15/h2-5H,6H2,1H3,(H2,11,15)(H,12,13). The highest BCUT2D eigenvalue weighted by Gasteiger charge is 1.98. The molecule has 0 aromatic heterocycles. The van der Waals surface area contributed by atoms with Gasteiger partial charge < -0.3 is 15.8 Å². The molecule has 0 atom stereocenters. The van der Waals surface area contributed by atoms with Gasteiger partial charge in [0.05, 0.1) is 0 Å². The highest BCUT2D eigenvalue weighted by molar-refractivity contribution is 7.80. The number of hydrogen-bond donors (Lipinski definition) is 2. The maximum atomic E-state index is 10.8. The van der Waals surface area contributed by atoms with Crippen molar-refractivity contribution >= 4 is 28.8 Å². The number of nitrogens with two attached hydrogens (primary N) is 1. The summed E-state index contributed by atoms with van der Waals surface area (Å²) in [5, 5.41) is 2.65. The molecule has 80 valence electrons. The van der Waals surface area contributed by atoms with Gasteiger partial charge in [-0.3, -0.25) is 4.79 Å². The first kappa shape index (κ1) is 11.5. The Labute approximate surface area is 93.4 Å². The number of benzene rings is 1. The molecule has 1 rings (SSSR count). The molecule has 0 saturated carbocycles. The minimum Gasteiger partial charge on any atom is -0.486 e. The van der Waals surface area contributed by atoms with Crippen LogP contribution in [0.25, 0.3) is 0 Å². The number of hydrogen-bond acceptors (Lipinski definition) is 3. The Balaban J connectivity index is 2.65. The zero-order valence-electron chi connectivity index (χ0n) is 8.32. The highest BCUT2D eigenvalue weighted by atomic mass is 32.1. The molecule has 0 heterocycles. The summed E-state index contributed by atoms with van der Waals surface area (Å²) in [7, 11) is 0. The topological polar surface area (TPSA) is 64.3 Å². The summed E-state index contributed by atoms with van der Waals surface area (Å²) in [5.41, 5.74) is 5.98. The van der Waals surface area contributed by atoms with Gasteiger partial charge in [0, 0.05) is 18.7 Å². The van der Waals surface area contributed by atoms with Crippen molar-refractivity contribution in [1.82, 2.24) is 0 Å². The summed E-state index contributed by atoms with van der Waals surface area (Å²) in [5.74, 6) is 0.496. The van der Waals surface area contributed by atoms with E-state index in [0.29, 0.717) is 16.4 Å². The van der Waals surface area contributed by atoms with Gasteiger partial charge in [0.1, 0.15) is 17.3 Å². The van der Waals surface area contributed by atoms with E-state index in [1.54, 1.807) is 24.3 Å². The van der Waals surface area contributed by atoms with E-state index in [-0.39, 0.29) is 12.5 Å². The molecule has 1 aromatic rings. The normalized spacial score (nSPS) is 9.40. The predicted molar refractivity (Wildman–Crippen MR) is 63.0 cm³/mol. The summed E-state index contributed by atoms with van der Waals surface area (Å²) in [4.78, 5) is 11.1. The van der Waals surface area contributed by atoms with Crippen molar-refractivity contribution in [2.45, 2.75) is 6.92 Å². The average Bonchev–Trinajstić information content (AvgIpc) is 2.14. The van der Waals surface area contributed by atoms with E-state index >= 15 is 0 Å². The first-order chi connectivity index (χ1) is 7.08. The lowest BCUT2D eigenvalue weighted by atomic mass is 10.3. The minimum atomic E-state index is -0.124. The van der Waals surface area contributed by atoms with Gasteiger partial charge in [0.15, 0.2) is 0 Å². The van der Waals surface area contributed by atoms with E-state index < -0.39 is 0 Å². The van der Waals surface area contributed by atoms with E-state index in [4.69, 9.17) is 10.5 Å². The molecule has 0 spiro atoms. The van der Waals surface area contributed by atoms with Crippen molar-refractivity contribution < 1.29 is 9.53 Å². The average molecular weight is 224 g/mol. The zero-order chi connectivity index (χ0) is 11.3. The first-order valence-electron chi connectivity index (χ1n) is 4.36. The molecular formula is C10H12N2O2S. The number of amides is 1. The second kappa shape index (κ2) is 5.31. The van der Waals surface area contributed by atoms with Gasteiger partial charge in [0.2, 0.25) is 5.91 Å². The quantitative estimate of drug-likeness (QED) is 0.757. The van der Waals surface area contributed by atoms with E-state index in [1.165, 1.54) is 6.92 Å². The predicted octanol–water partition coefficient (Wildman–Crippen LogP) is 1.31. The van der Waals surface area contributed by atoms with Gasteiger partial charge in [0.25, 0.3) is 0 Å². The van der Waals surface area contributed by atoms with Gasteiger partial charge in [-0.05, 0) is 12.1 Å². The molecule has 4 nitrogen and oxygen atoms in total. The van der Waals surface area contributed by atoms with Crippen molar-refractivity contribution in [2.24, 2.45) is 5.73 Å². The third-order valence-electron chi connectivity index (χ3n) is 1.54. The van der Waals surface area contributed by atoms with E-state index in [0.717, 1.165) is 0 Å². The van der Waals surface area contributed by atoms with Gasteiger partial charge in [-0.15, -0.1) is 0 Å². The van der Waals surface area contributed by atoms with Crippen LogP contribution in [-0.4, -0.2) is 17.5 Å². The molecule has 0 saturated heterocycles. The van der Waals surface area contributed by atoms with Crippen molar-refractivity contribution in [3.05, 3.63) is 24.3 Å². The molecule has 0 fully saturated rings. The van der Waals surface area contributed by atoms with Crippen molar-refractivity contribution in [3.63, 3.8) is 0 Å². The second-order valence-electron chi connectivity index (χ2n) is 2.96. The number of rotatable bonds is 4. The van der Waals surface area contributed by atoms with E-state index in [2.05, 4.69) is 17.5 Å². The summed E-state index contributed by atoms with van der Waals surface area (Å²) < 4.78 is 5.27. The molecule has 0 aliphatic heterocycles. The van der Waals surface area contributed by atoms with Gasteiger partial charge in [-0.25, -0.2) is 0 Å². The molecule has 0 unspecified atom stereocenters. The SMILES string of the molecule is CC(=O)Nc1cccc(OCC(N)=S)c1. The van der Waals surface area contributed by atoms with Gasteiger partial charge in [-0.2, -0.15) is 0 Å². The molecule has 0 aliphatic carbocycles. The van der Waals surface area contributed by atoms with E-state index in [1.807, 2.05) is 0 Å². The van der Waals surface area contributed by atoms with Crippen LogP contribution < -0.4 is 15.8 Å². The van der Waals surface area contributed by atoms with E-state index in [9.17, 15) is 4.79 Å². The number of anilines is 1. The molecule has 0 aliphatic rings. The third kappa shape index (κ3) is 4.42. The molecule has 1 amide bonds. The summed E-state index contributed by atoms with van der Waals surface area (Å²) >= 11 is 4.68. The lowest BCUT2D eigenvalue weighted by molar-refractivity contribution is -0.114. The van der Waals surface area contributed by atoms with Crippen molar-refractivity contribution in [2.75, 3.05) is 11.9 Å². The van der Waals surface area contributed by atoms with Crippen LogP contribution in [0.5, 0.6) is 5.75 Å². The van der Waals surface area contributed by atoms with Crippen LogP contribution in [0, 0.1) is 0 Å². The number of carbonyl (C=O) groups excluding carboxylic acids is 1. The maximum Gasteiger partial charge on any atom is 0.221 e. The molecule has 5 heteroatoms. The van der Waals surface area contributed by atoms with Crippen molar-refractivity contribution in [1.29, 1.82) is 0 Å². The molecule has 0 radical (unpaired) electrons. The molecule has 0 bridgehead atoms. The minimum absolute atomic E-state index is 0.124. The van der Waals surface area contributed by atoms with Gasteiger partial charge >= 0.3 is 0 Å². The first-order valence-corrected chi connectivity index (χ1v) is 4.77. The Morgan fingerprint density at radius 3 is 2.93 bits per heavy atom. The number of thiocarbonyl (C=S) groups is 1. The van der Waals surface area contributed by atoms with Crippen LogP contribution in [0.2, 0.25) is 0 Å². The fraction of sp³-hybridized carbons (Fsp3) is 0.200. The Hall–Kier alpha value is -1.62. The van der Waals surface area contributed by atoms with Crippen LogP contribution >= 0.6 is 12.2 Å². The third-order valence-corrected chi connectivity index (χ3v) is 1.65. The van der Waals surface area contributed by atoms with Crippen LogP contribution in [-0.2, 0) is 4.79 Å². The zero-order valence-corrected chi connectivity index (χ0v) is 9.14. The Morgan fingerprint density at radius 1 is 1.60 bits per heavy atom. The van der Waals surface area contributed by atoms with Crippen LogP contribution in [0.15, 0.2) is 24.3 Å². The fourth-order valence-corrected chi connectivity index (χ4v) is 1.08. The second-order valence-corrected chi connectivity index (χ2v) is 3.49. The fourth-order valence-electron chi connectivity index (χ4n) is 1.02. The van der Waals surface area contributed by atoms with Gasteiger partial charge in [-0.1, -0.05) is 18.3 Å². The lowest BCUT2D eigenvalue weighted by Gasteiger charge is -2.07. The molecule has 1 aromatic carbocycles. The Morgan fingerprint density at radius 2 is 2.33 bits per heavy atom. The number of nitrogens with one attached hydrogen (secondary N) is 1. The number of ether oxygens (including phenoxy) is 1. The summed E-state index contributed by atoms with van der Waals surface area (Å²) in [6.45, 7) is 1.64. The molecule has 3 N–H and O–H groups in total. The van der Waals surface area contributed by atoms with Crippen LogP contribution in [0.4, 0.5) is 5.69 Å². The van der Waals surface area contributed by atoms with Crippen molar-refractivity contribution in [3.8, 4) is 5.75 Å². The maximum absolute atomic E-state index is 10.8. The lowest BCUT2D eigenvalue weighted by Crippen LogP contribution is -2.17. The Bertz CT molecular complexity index is 379. The summed E-state index contributed by atoms with van der Waals surface area (Å²) in [6, 6.07) is 7.03. The smallest absolute Gasteiger partial charge is 0.221 e. The summed E-state index contributed by atoms with van der Waals surface area (Å²) in [6.07, 6.45) is 0. The Kier molecular flexibility index (Phi) is 4.05. The van der Waals surface area contributed by atoms with Crippen LogP contribution in [0.1, 0.15) is 6.92 Å². The van der Waals surface area contributed by atoms with Crippen LogP contribution in [0.3, 0.4) is 0 Å². The largest absolute Gasteiger partial charge is 0.486 e.